The highest BCUT2D eigenvalue weighted by atomic mass is 35.5. The van der Waals surface area contributed by atoms with Gasteiger partial charge in [0.25, 0.3) is 5.56 Å². The van der Waals surface area contributed by atoms with Gasteiger partial charge in [-0.3, -0.25) is 4.79 Å². The van der Waals surface area contributed by atoms with Gasteiger partial charge in [0, 0.05) is 17.1 Å². The van der Waals surface area contributed by atoms with Crippen molar-refractivity contribution >= 4 is 56.5 Å². The van der Waals surface area contributed by atoms with Crippen molar-refractivity contribution in [3.63, 3.8) is 0 Å². The number of thioether (sulfide) groups is 1. The number of rotatable bonds is 4. The fourth-order valence-corrected chi connectivity index (χ4v) is 4.78. The Kier molecular flexibility index (Phi) is 4.79. The molecule has 0 aliphatic rings. The molecule has 0 saturated carbocycles. The second-order valence-electron chi connectivity index (χ2n) is 5.46. The highest BCUT2D eigenvalue weighted by Crippen LogP contribution is 2.37. The van der Waals surface area contributed by atoms with Gasteiger partial charge in [0.2, 0.25) is 0 Å². The van der Waals surface area contributed by atoms with Crippen LogP contribution in [0, 0.1) is 0 Å². The maximum absolute atomic E-state index is 12.6. The minimum Gasteiger partial charge on any atom is -0.464 e. The van der Waals surface area contributed by atoms with E-state index in [-0.39, 0.29) is 10.8 Å². The number of aromatic nitrogens is 3. The van der Waals surface area contributed by atoms with E-state index in [1.165, 1.54) is 29.3 Å². The van der Waals surface area contributed by atoms with Crippen LogP contribution in [0.2, 0.25) is 10.0 Å². The maximum atomic E-state index is 12.6. The van der Waals surface area contributed by atoms with Crippen molar-refractivity contribution in [3.05, 3.63) is 62.3 Å². The van der Waals surface area contributed by atoms with Gasteiger partial charge in [0.15, 0.2) is 0 Å². The molecule has 4 aromatic rings. The molecule has 9 heteroatoms. The third kappa shape index (κ3) is 3.27. The third-order valence-corrected chi connectivity index (χ3v) is 6.30. The van der Waals surface area contributed by atoms with Gasteiger partial charge in [-0.25, -0.2) is 9.97 Å². The van der Waals surface area contributed by atoms with Crippen molar-refractivity contribution in [2.45, 2.75) is 17.2 Å². The number of aromatic amines is 1. The second kappa shape index (κ2) is 7.08. The lowest BCUT2D eigenvalue weighted by Gasteiger charge is -2.11. The predicted octanol–water partition coefficient (Wildman–Crippen LogP) is 5.80. The zero-order valence-electron chi connectivity index (χ0n) is 13.3. The monoisotopic (exact) mass is 423 g/mol. The van der Waals surface area contributed by atoms with Crippen molar-refractivity contribution in [1.29, 1.82) is 0 Å². The molecule has 5 nitrogen and oxygen atoms in total. The molecule has 0 aliphatic carbocycles. The van der Waals surface area contributed by atoms with Crippen molar-refractivity contribution in [3.8, 4) is 11.3 Å². The lowest BCUT2D eigenvalue weighted by Crippen LogP contribution is -2.12. The Labute approximate surface area is 166 Å². The maximum Gasteiger partial charge on any atom is 0.260 e. The van der Waals surface area contributed by atoms with Crippen LogP contribution in [-0.2, 0) is 0 Å². The van der Waals surface area contributed by atoms with Crippen LogP contribution < -0.4 is 5.56 Å². The minimum absolute atomic E-state index is 0.146. The Morgan fingerprint density at radius 2 is 2.23 bits per heavy atom. The highest BCUT2D eigenvalue weighted by molar-refractivity contribution is 7.99. The number of nitrogens with one attached hydrogen (secondary N) is 1. The molecule has 1 atom stereocenters. The van der Waals surface area contributed by atoms with Gasteiger partial charge in [0.05, 0.1) is 26.9 Å². The molecule has 0 spiro atoms. The summed E-state index contributed by atoms with van der Waals surface area (Å²) in [5.41, 5.74) is 0.554. The van der Waals surface area contributed by atoms with E-state index >= 15 is 0 Å². The molecule has 26 heavy (non-hydrogen) atoms. The average molecular weight is 424 g/mol. The molecule has 4 heterocycles. The van der Waals surface area contributed by atoms with E-state index < -0.39 is 0 Å². The summed E-state index contributed by atoms with van der Waals surface area (Å²) >= 11 is 14.9. The molecule has 0 bridgehead atoms. The molecule has 132 valence electrons. The summed E-state index contributed by atoms with van der Waals surface area (Å²) in [7, 11) is 0. The predicted molar refractivity (Wildman–Crippen MR) is 106 cm³/mol. The Bertz CT molecular complexity index is 1140. The van der Waals surface area contributed by atoms with E-state index in [1.54, 1.807) is 18.4 Å². The Morgan fingerprint density at radius 1 is 1.38 bits per heavy atom. The van der Waals surface area contributed by atoms with Gasteiger partial charge in [-0.05, 0) is 25.1 Å². The molecular weight excluding hydrogens is 413 g/mol. The van der Waals surface area contributed by atoms with Crippen LogP contribution in [0.5, 0.6) is 0 Å². The lowest BCUT2D eigenvalue weighted by molar-refractivity contribution is 0.583. The first kappa shape index (κ1) is 17.6. The zero-order valence-corrected chi connectivity index (χ0v) is 16.5. The van der Waals surface area contributed by atoms with Crippen LogP contribution in [0.25, 0.3) is 21.5 Å². The van der Waals surface area contributed by atoms with Gasteiger partial charge in [-0.1, -0.05) is 35.0 Å². The first-order valence-electron chi connectivity index (χ1n) is 7.56. The third-order valence-electron chi connectivity index (χ3n) is 3.70. The fourth-order valence-electron chi connectivity index (χ4n) is 2.48. The molecule has 0 aromatic carbocycles. The van der Waals surface area contributed by atoms with Crippen LogP contribution in [0.3, 0.4) is 0 Å². The topological polar surface area (TPSA) is 71.8 Å². The summed E-state index contributed by atoms with van der Waals surface area (Å²) < 4.78 is 5.41. The number of pyridine rings is 1. The molecule has 0 amide bonds. The van der Waals surface area contributed by atoms with Gasteiger partial charge in [-0.15, -0.1) is 11.3 Å². The zero-order chi connectivity index (χ0) is 18.3. The Hall–Kier alpha value is -1.80. The molecule has 0 radical (unpaired) electrons. The van der Waals surface area contributed by atoms with Gasteiger partial charge < -0.3 is 9.40 Å². The molecule has 4 rings (SSSR count). The quantitative estimate of drug-likeness (QED) is 0.419. The first-order chi connectivity index (χ1) is 12.5. The fraction of sp³-hybridized carbons (Fsp3) is 0.118. The number of hydrogen-bond donors (Lipinski definition) is 1. The Morgan fingerprint density at radius 3 is 2.96 bits per heavy atom. The summed E-state index contributed by atoms with van der Waals surface area (Å²) in [6, 6.07) is 5.25. The Balaban J connectivity index is 1.70. The van der Waals surface area contributed by atoms with E-state index in [0.717, 1.165) is 5.56 Å². The van der Waals surface area contributed by atoms with Crippen LogP contribution in [-0.4, -0.2) is 15.0 Å². The van der Waals surface area contributed by atoms with E-state index in [9.17, 15) is 4.79 Å². The highest BCUT2D eigenvalue weighted by Gasteiger charge is 2.18. The molecule has 1 N–H and O–H groups in total. The van der Waals surface area contributed by atoms with Crippen LogP contribution in [0.15, 0.2) is 50.3 Å². The number of nitrogens with zero attached hydrogens (tertiary/aromatic N) is 2. The number of halogens is 2. The van der Waals surface area contributed by atoms with Crippen LogP contribution >= 0.6 is 46.3 Å². The lowest BCUT2D eigenvalue weighted by atomic mass is 10.2. The van der Waals surface area contributed by atoms with E-state index in [1.807, 2.05) is 18.4 Å². The molecule has 0 unspecified atom stereocenters. The smallest absolute Gasteiger partial charge is 0.260 e. The van der Waals surface area contributed by atoms with Gasteiger partial charge in [0.1, 0.15) is 21.4 Å². The number of H-pyrrole nitrogens is 1. The first-order valence-corrected chi connectivity index (χ1v) is 10.1. The van der Waals surface area contributed by atoms with E-state index in [0.29, 0.717) is 36.9 Å². The number of thiophene rings is 1. The summed E-state index contributed by atoms with van der Waals surface area (Å²) in [4.78, 5) is 25.0. The van der Waals surface area contributed by atoms with Crippen molar-refractivity contribution < 1.29 is 4.42 Å². The van der Waals surface area contributed by atoms with Gasteiger partial charge in [-0.2, -0.15) is 0 Å². The van der Waals surface area contributed by atoms with Gasteiger partial charge >= 0.3 is 0 Å². The van der Waals surface area contributed by atoms with E-state index in [2.05, 4.69) is 15.0 Å². The number of furan rings is 1. The van der Waals surface area contributed by atoms with Crippen molar-refractivity contribution in [2.24, 2.45) is 0 Å². The SMILES string of the molecule is C[C@H](Sc1ncc(Cl)cc1Cl)c1nc2scc(-c3ccco3)c2c(=O)[nH]1. The second-order valence-corrected chi connectivity index (χ2v) is 8.49. The van der Waals surface area contributed by atoms with Crippen LogP contribution in [0.4, 0.5) is 0 Å². The normalized spacial score (nSPS) is 12.6. The largest absolute Gasteiger partial charge is 0.464 e. The average Bonchev–Trinajstić information content (AvgIpc) is 3.26. The minimum atomic E-state index is -0.194. The number of fused-ring (bicyclic) bond motifs is 1. The van der Waals surface area contributed by atoms with Crippen molar-refractivity contribution in [2.75, 3.05) is 0 Å². The molecule has 0 fully saturated rings. The summed E-state index contributed by atoms with van der Waals surface area (Å²) in [6.07, 6.45) is 3.12. The van der Waals surface area contributed by atoms with Crippen molar-refractivity contribution in [1.82, 2.24) is 15.0 Å². The standard InChI is InChI=1S/C17H11Cl2N3O2S2/c1-8(26-16-11(19)5-9(18)6-20-16)14-21-15(23)13-10(7-25-17(13)22-14)12-3-2-4-24-12/h2-8H,1H3,(H,21,22,23)/t8-/m0/s1. The summed E-state index contributed by atoms with van der Waals surface area (Å²) in [6.45, 7) is 1.93. The molecular formula is C17H11Cl2N3O2S2. The molecule has 0 aliphatic heterocycles. The summed E-state index contributed by atoms with van der Waals surface area (Å²) in [5.74, 6) is 1.21. The molecule has 0 saturated heterocycles. The number of hydrogen-bond acceptors (Lipinski definition) is 6. The molecule has 4 aromatic heterocycles. The van der Waals surface area contributed by atoms with E-state index in [4.69, 9.17) is 27.6 Å². The summed E-state index contributed by atoms with van der Waals surface area (Å²) in [5, 5.41) is 3.85. The van der Waals surface area contributed by atoms with Crippen LogP contribution in [0.1, 0.15) is 18.0 Å².